The number of carbonyl (C=O) groups excluding carboxylic acids is 1. The number of rotatable bonds is 6. The summed E-state index contributed by atoms with van der Waals surface area (Å²) in [4.78, 5) is 22.1. The van der Waals surface area contributed by atoms with Gasteiger partial charge in [0.2, 0.25) is 0 Å². The normalized spacial score (nSPS) is 10.7. The number of nitriles is 1. The lowest BCUT2D eigenvalue weighted by Crippen LogP contribution is -2.31. The summed E-state index contributed by atoms with van der Waals surface area (Å²) in [5.41, 5.74) is 3.66. The summed E-state index contributed by atoms with van der Waals surface area (Å²) in [6, 6.07) is 15.1. The molecule has 31 heavy (non-hydrogen) atoms. The van der Waals surface area contributed by atoms with Gasteiger partial charge in [0, 0.05) is 18.0 Å². The van der Waals surface area contributed by atoms with Crippen LogP contribution in [0.3, 0.4) is 0 Å². The molecule has 0 spiro atoms. The molecule has 0 unspecified atom stereocenters. The second-order valence-corrected chi connectivity index (χ2v) is 8.48. The van der Waals surface area contributed by atoms with Gasteiger partial charge in [0.25, 0.3) is 11.6 Å². The first-order valence-electron chi connectivity index (χ1n) is 9.73. The highest BCUT2D eigenvalue weighted by Crippen LogP contribution is 2.31. The van der Waals surface area contributed by atoms with E-state index >= 15 is 0 Å². The van der Waals surface area contributed by atoms with Gasteiger partial charge in [-0.3, -0.25) is 4.79 Å². The van der Waals surface area contributed by atoms with Gasteiger partial charge < -0.3 is 9.42 Å². The molecular weight excluding hydrogens is 408 g/mol. The van der Waals surface area contributed by atoms with Gasteiger partial charge in [0.05, 0.1) is 38.8 Å². The number of thiophene rings is 1. The van der Waals surface area contributed by atoms with Crippen LogP contribution in [0.4, 0.5) is 0 Å². The molecule has 0 N–H and O–H groups in total. The van der Waals surface area contributed by atoms with E-state index in [0.29, 0.717) is 46.7 Å². The van der Waals surface area contributed by atoms with Gasteiger partial charge in [-0.15, -0.1) is 17.9 Å². The van der Waals surface area contributed by atoms with E-state index in [4.69, 9.17) is 9.78 Å². The van der Waals surface area contributed by atoms with Crippen LogP contribution in [0.5, 0.6) is 0 Å². The van der Waals surface area contributed by atoms with Crippen LogP contribution in [0.1, 0.15) is 32.1 Å². The molecule has 0 aliphatic rings. The number of amides is 1. The maximum atomic E-state index is 13.6. The minimum Gasteiger partial charge on any atom is -0.335 e. The minimum atomic E-state index is -0.155. The first-order valence-corrected chi connectivity index (χ1v) is 10.5. The Morgan fingerprint density at radius 1 is 1.26 bits per heavy atom. The zero-order valence-corrected chi connectivity index (χ0v) is 18.1. The Balaban J connectivity index is 1.76. The summed E-state index contributed by atoms with van der Waals surface area (Å²) in [5, 5.41) is 13.7. The van der Waals surface area contributed by atoms with Gasteiger partial charge in [-0.05, 0) is 49.7 Å². The van der Waals surface area contributed by atoms with E-state index in [2.05, 4.69) is 22.8 Å². The predicted octanol–water partition coefficient (Wildman–Crippen LogP) is 5.27. The van der Waals surface area contributed by atoms with Crippen LogP contribution in [-0.2, 0) is 6.54 Å². The van der Waals surface area contributed by atoms with Crippen LogP contribution in [0.15, 0.2) is 59.6 Å². The quantitative estimate of drug-likeness (QED) is 0.391. The maximum absolute atomic E-state index is 13.6. The molecule has 7 heteroatoms. The van der Waals surface area contributed by atoms with Gasteiger partial charge in [-0.25, -0.2) is 4.98 Å². The SMILES string of the molecule is C=CCN(Cc1ccc(C#N)cc1)C(=O)c1cc(-c2ccc(C)s2)nc2onc(C)c12. The fraction of sp³-hybridized carbons (Fsp3) is 0.167. The standard InChI is InChI=1S/C24H20N4O2S/c1-4-11-28(14-18-8-6-17(13-25)7-9-18)24(29)19-12-20(21-10-5-15(2)31-21)26-23-22(19)16(3)27-30-23/h4-10,12H,1,11,14H2,2-3H3. The molecule has 1 aromatic carbocycles. The van der Waals surface area contributed by atoms with Crippen molar-refractivity contribution < 1.29 is 9.32 Å². The van der Waals surface area contributed by atoms with Crippen molar-refractivity contribution in [3.63, 3.8) is 0 Å². The maximum Gasteiger partial charge on any atom is 0.259 e. The van der Waals surface area contributed by atoms with E-state index < -0.39 is 0 Å². The highest BCUT2D eigenvalue weighted by molar-refractivity contribution is 7.15. The summed E-state index contributed by atoms with van der Waals surface area (Å²) in [6.07, 6.45) is 1.70. The smallest absolute Gasteiger partial charge is 0.259 e. The first kappa shape index (κ1) is 20.5. The van der Waals surface area contributed by atoms with Gasteiger partial charge in [-0.2, -0.15) is 5.26 Å². The molecule has 1 amide bonds. The molecule has 0 bridgehead atoms. The van der Waals surface area contributed by atoms with Crippen molar-refractivity contribution in [1.29, 1.82) is 5.26 Å². The molecule has 0 saturated heterocycles. The molecular formula is C24H20N4O2S. The number of fused-ring (bicyclic) bond motifs is 1. The first-order chi connectivity index (χ1) is 15.0. The third-order valence-corrected chi connectivity index (χ3v) is 5.96. The molecule has 3 heterocycles. The predicted molar refractivity (Wildman–Crippen MR) is 121 cm³/mol. The number of nitrogens with zero attached hydrogens (tertiary/aromatic N) is 4. The molecule has 154 valence electrons. The van der Waals surface area contributed by atoms with Gasteiger partial charge in [0.1, 0.15) is 0 Å². The monoisotopic (exact) mass is 428 g/mol. The Bertz CT molecular complexity index is 1310. The lowest BCUT2D eigenvalue weighted by atomic mass is 10.1. The van der Waals surface area contributed by atoms with Crippen LogP contribution in [0.2, 0.25) is 0 Å². The molecule has 0 saturated carbocycles. The molecule has 4 rings (SSSR count). The molecule has 0 atom stereocenters. The minimum absolute atomic E-state index is 0.155. The molecule has 6 nitrogen and oxygen atoms in total. The second-order valence-electron chi connectivity index (χ2n) is 7.20. The second kappa shape index (κ2) is 8.54. The van der Waals surface area contributed by atoms with Crippen LogP contribution < -0.4 is 0 Å². The molecule has 0 radical (unpaired) electrons. The number of aromatic nitrogens is 2. The van der Waals surface area contributed by atoms with E-state index in [9.17, 15) is 4.79 Å². The van der Waals surface area contributed by atoms with Crippen LogP contribution in [-0.4, -0.2) is 27.5 Å². The number of hydrogen-bond acceptors (Lipinski definition) is 6. The lowest BCUT2D eigenvalue weighted by Gasteiger charge is -2.22. The average molecular weight is 429 g/mol. The summed E-state index contributed by atoms with van der Waals surface area (Å²) in [5.74, 6) is -0.155. The Morgan fingerprint density at radius 3 is 2.68 bits per heavy atom. The van der Waals surface area contributed by atoms with Crippen LogP contribution >= 0.6 is 11.3 Å². The third-order valence-electron chi connectivity index (χ3n) is 4.93. The Hall–Kier alpha value is -3.76. The number of aryl methyl sites for hydroxylation is 2. The highest BCUT2D eigenvalue weighted by Gasteiger charge is 2.23. The van der Waals surface area contributed by atoms with Crippen molar-refractivity contribution in [2.45, 2.75) is 20.4 Å². The molecule has 0 aliphatic heterocycles. The molecule has 3 aromatic heterocycles. The lowest BCUT2D eigenvalue weighted by molar-refractivity contribution is 0.0764. The summed E-state index contributed by atoms with van der Waals surface area (Å²) >= 11 is 1.61. The summed E-state index contributed by atoms with van der Waals surface area (Å²) < 4.78 is 5.41. The zero-order valence-electron chi connectivity index (χ0n) is 17.3. The molecule has 0 aliphatic carbocycles. The van der Waals surface area contributed by atoms with Crippen molar-refractivity contribution in [3.8, 4) is 16.6 Å². The molecule has 4 aromatic rings. The van der Waals surface area contributed by atoms with E-state index in [0.717, 1.165) is 15.3 Å². The van der Waals surface area contributed by atoms with Crippen molar-refractivity contribution in [3.05, 3.63) is 82.4 Å². The van der Waals surface area contributed by atoms with E-state index in [1.807, 2.05) is 37.3 Å². The Labute approximate surface area is 184 Å². The fourth-order valence-corrected chi connectivity index (χ4v) is 4.24. The van der Waals surface area contributed by atoms with Gasteiger partial charge in [-0.1, -0.05) is 23.4 Å². The Morgan fingerprint density at radius 2 is 2.03 bits per heavy atom. The highest BCUT2D eigenvalue weighted by atomic mass is 32.1. The average Bonchev–Trinajstić information content (AvgIpc) is 3.38. The van der Waals surface area contributed by atoms with Gasteiger partial charge >= 0.3 is 0 Å². The van der Waals surface area contributed by atoms with Crippen molar-refractivity contribution in [2.24, 2.45) is 0 Å². The fourth-order valence-electron chi connectivity index (χ4n) is 3.41. The number of carbonyl (C=O) groups is 1. The van der Waals surface area contributed by atoms with E-state index in [1.54, 1.807) is 41.4 Å². The van der Waals surface area contributed by atoms with Crippen LogP contribution in [0.25, 0.3) is 21.7 Å². The number of hydrogen-bond donors (Lipinski definition) is 0. The van der Waals surface area contributed by atoms with Crippen molar-refractivity contribution >= 4 is 28.3 Å². The topological polar surface area (TPSA) is 83.0 Å². The number of pyridine rings is 1. The zero-order chi connectivity index (χ0) is 22.0. The van der Waals surface area contributed by atoms with Crippen molar-refractivity contribution in [1.82, 2.24) is 15.0 Å². The molecule has 0 fully saturated rings. The number of benzene rings is 1. The largest absolute Gasteiger partial charge is 0.335 e. The third kappa shape index (κ3) is 4.11. The summed E-state index contributed by atoms with van der Waals surface area (Å²) in [7, 11) is 0. The van der Waals surface area contributed by atoms with Crippen LogP contribution in [0, 0.1) is 25.2 Å². The van der Waals surface area contributed by atoms with Crippen molar-refractivity contribution in [2.75, 3.05) is 6.54 Å². The van der Waals surface area contributed by atoms with E-state index in [1.165, 1.54) is 0 Å². The van der Waals surface area contributed by atoms with E-state index in [-0.39, 0.29) is 5.91 Å². The Kier molecular flexibility index (Phi) is 5.65. The van der Waals surface area contributed by atoms with Gasteiger partial charge in [0.15, 0.2) is 0 Å². The summed E-state index contributed by atoms with van der Waals surface area (Å²) in [6.45, 7) is 8.40.